The van der Waals surface area contributed by atoms with Gasteiger partial charge in [-0.05, 0) is 81.9 Å². The van der Waals surface area contributed by atoms with Crippen molar-refractivity contribution in [2.75, 3.05) is 4.90 Å². The number of furan rings is 2. The van der Waals surface area contributed by atoms with Crippen molar-refractivity contribution in [3.63, 3.8) is 0 Å². The third-order valence-corrected chi connectivity index (χ3v) is 12.4. The van der Waals surface area contributed by atoms with Gasteiger partial charge in [-0.25, -0.2) is 0 Å². The van der Waals surface area contributed by atoms with E-state index in [2.05, 4.69) is 191 Å². The first kappa shape index (κ1) is 32.9. The Labute approximate surface area is 344 Å². The summed E-state index contributed by atoms with van der Waals surface area (Å²) >= 11 is 0. The summed E-state index contributed by atoms with van der Waals surface area (Å²) < 4.78 is 15.3. The number of hydrogen-bond donors (Lipinski definition) is 0. The van der Waals surface area contributed by atoms with Gasteiger partial charge >= 0.3 is 0 Å². The number of pyridine rings is 1. The average molecular weight is 767 g/mol. The first-order valence-corrected chi connectivity index (χ1v) is 20.4. The molecule has 4 nitrogen and oxygen atoms in total. The van der Waals surface area contributed by atoms with Gasteiger partial charge in [0.05, 0.1) is 11.0 Å². The molecule has 4 aromatic heterocycles. The van der Waals surface area contributed by atoms with Crippen LogP contribution < -0.4 is 4.90 Å². The number of fused-ring (bicyclic) bond motifs is 14. The van der Waals surface area contributed by atoms with Crippen molar-refractivity contribution in [2.24, 2.45) is 0 Å². The number of anilines is 3. The number of benzene rings is 9. The monoisotopic (exact) mass is 766 g/mol. The highest BCUT2D eigenvalue weighted by molar-refractivity contribution is 6.31. The Hall–Kier alpha value is -8.08. The van der Waals surface area contributed by atoms with Crippen molar-refractivity contribution >= 4 is 98.9 Å². The molecule has 4 heterocycles. The molecule has 60 heavy (non-hydrogen) atoms. The molecular weight excluding hydrogens is 733 g/mol. The molecule has 0 aliphatic rings. The Morgan fingerprint density at radius 3 is 1.47 bits per heavy atom. The van der Waals surface area contributed by atoms with E-state index in [1.54, 1.807) is 0 Å². The summed E-state index contributed by atoms with van der Waals surface area (Å²) in [6, 6.07) is 71.5. The van der Waals surface area contributed by atoms with E-state index < -0.39 is 0 Å². The van der Waals surface area contributed by atoms with E-state index in [1.165, 1.54) is 54.7 Å². The van der Waals surface area contributed by atoms with Gasteiger partial charge in [-0.2, -0.15) is 0 Å². The van der Waals surface area contributed by atoms with Crippen LogP contribution in [0.25, 0.3) is 104 Å². The Kier molecular flexibility index (Phi) is 6.98. The van der Waals surface area contributed by atoms with Crippen LogP contribution in [-0.4, -0.2) is 4.40 Å². The zero-order valence-electron chi connectivity index (χ0n) is 32.3. The van der Waals surface area contributed by atoms with Gasteiger partial charge in [0.2, 0.25) is 0 Å². The van der Waals surface area contributed by atoms with Crippen molar-refractivity contribution in [3.8, 4) is 22.3 Å². The van der Waals surface area contributed by atoms with Gasteiger partial charge in [0, 0.05) is 78.8 Å². The number of aromatic nitrogens is 1. The molecule has 0 unspecified atom stereocenters. The molecule has 0 radical (unpaired) electrons. The standard InChI is InChI=1S/C56H34N2O2/c1-2-13-36(14-3-1)53-54-47-19-6-4-15-41(47)42-16-5-7-20-48(42)56(54)57-32-12-21-40(55(53)57)35-24-26-37(27-25-35)58(38-28-30-45-43-17-8-10-22-49(43)59-51(45)33-38)39-29-31-46-44-18-9-11-23-50(44)60-52(46)34-39/h1-34H. The van der Waals surface area contributed by atoms with Crippen LogP contribution >= 0.6 is 0 Å². The molecule has 0 amide bonds. The quantitative estimate of drug-likeness (QED) is 0.164. The van der Waals surface area contributed by atoms with Crippen molar-refractivity contribution in [1.82, 2.24) is 4.40 Å². The first-order chi connectivity index (χ1) is 29.8. The second kappa shape index (κ2) is 12.7. The summed E-state index contributed by atoms with van der Waals surface area (Å²) in [5.74, 6) is 0. The molecule has 13 rings (SSSR count). The molecule has 0 aliphatic carbocycles. The Bertz CT molecular complexity index is 3720. The molecule has 4 heteroatoms. The first-order valence-electron chi connectivity index (χ1n) is 20.4. The van der Waals surface area contributed by atoms with Gasteiger partial charge < -0.3 is 18.1 Å². The van der Waals surface area contributed by atoms with Gasteiger partial charge in [0.15, 0.2) is 0 Å². The minimum Gasteiger partial charge on any atom is -0.456 e. The number of nitrogens with zero attached hydrogens (tertiary/aromatic N) is 2. The molecule has 280 valence electrons. The largest absolute Gasteiger partial charge is 0.456 e. The van der Waals surface area contributed by atoms with E-state index in [-0.39, 0.29) is 0 Å². The van der Waals surface area contributed by atoms with Crippen LogP contribution in [0, 0.1) is 0 Å². The smallest absolute Gasteiger partial charge is 0.137 e. The minimum atomic E-state index is 0.848. The van der Waals surface area contributed by atoms with Crippen LogP contribution in [-0.2, 0) is 0 Å². The van der Waals surface area contributed by atoms with Gasteiger partial charge in [0.25, 0.3) is 0 Å². The summed E-state index contributed by atoms with van der Waals surface area (Å²) in [6.45, 7) is 0. The van der Waals surface area contributed by atoms with Crippen LogP contribution in [0.4, 0.5) is 17.1 Å². The zero-order valence-corrected chi connectivity index (χ0v) is 32.3. The fourth-order valence-electron chi connectivity index (χ4n) is 9.76. The van der Waals surface area contributed by atoms with E-state index in [9.17, 15) is 0 Å². The molecule has 9 aromatic carbocycles. The molecule has 13 aromatic rings. The lowest BCUT2D eigenvalue weighted by Crippen LogP contribution is -2.09. The maximum Gasteiger partial charge on any atom is 0.137 e. The van der Waals surface area contributed by atoms with E-state index >= 15 is 0 Å². The van der Waals surface area contributed by atoms with Gasteiger partial charge in [-0.15, -0.1) is 0 Å². The Morgan fingerprint density at radius 2 is 0.833 bits per heavy atom. The Morgan fingerprint density at radius 1 is 0.333 bits per heavy atom. The lowest BCUT2D eigenvalue weighted by Gasteiger charge is -2.25. The van der Waals surface area contributed by atoms with E-state index in [0.29, 0.717) is 0 Å². The van der Waals surface area contributed by atoms with Crippen molar-refractivity contribution in [3.05, 3.63) is 206 Å². The fraction of sp³-hybridized carbons (Fsp3) is 0. The van der Waals surface area contributed by atoms with Crippen molar-refractivity contribution < 1.29 is 8.83 Å². The normalized spacial score (nSPS) is 12.0. The third kappa shape index (κ3) is 4.79. The van der Waals surface area contributed by atoms with E-state index in [1.807, 2.05) is 24.3 Å². The molecular formula is C56H34N2O2. The van der Waals surface area contributed by atoms with Crippen LogP contribution in [0.2, 0.25) is 0 Å². The van der Waals surface area contributed by atoms with Crippen molar-refractivity contribution in [2.45, 2.75) is 0 Å². The lowest BCUT2D eigenvalue weighted by atomic mass is 9.93. The highest BCUT2D eigenvalue weighted by atomic mass is 16.3. The van der Waals surface area contributed by atoms with Gasteiger partial charge in [-0.1, -0.05) is 133 Å². The maximum absolute atomic E-state index is 6.42. The number of para-hydroxylation sites is 2. The average Bonchev–Trinajstić information content (AvgIpc) is 3.99. The predicted octanol–water partition coefficient (Wildman–Crippen LogP) is 16.0. The molecule has 0 fully saturated rings. The second-order valence-electron chi connectivity index (χ2n) is 15.6. The molecule has 0 bridgehead atoms. The van der Waals surface area contributed by atoms with Crippen molar-refractivity contribution in [1.29, 1.82) is 0 Å². The highest BCUT2D eigenvalue weighted by Crippen LogP contribution is 2.47. The van der Waals surface area contributed by atoms with Gasteiger partial charge in [0.1, 0.15) is 22.3 Å². The highest BCUT2D eigenvalue weighted by Gasteiger charge is 2.23. The maximum atomic E-state index is 6.42. The fourth-order valence-corrected chi connectivity index (χ4v) is 9.76. The second-order valence-corrected chi connectivity index (χ2v) is 15.6. The summed E-state index contributed by atoms with van der Waals surface area (Å²) in [7, 11) is 0. The summed E-state index contributed by atoms with van der Waals surface area (Å²) in [5, 5.41) is 10.7. The predicted molar refractivity (Wildman–Crippen MR) is 250 cm³/mol. The van der Waals surface area contributed by atoms with Crippen LogP contribution in [0.5, 0.6) is 0 Å². The lowest BCUT2D eigenvalue weighted by molar-refractivity contribution is 0.669. The number of rotatable bonds is 5. The Balaban J connectivity index is 1.03. The molecule has 0 N–H and O–H groups in total. The minimum absolute atomic E-state index is 0.848. The summed E-state index contributed by atoms with van der Waals surface area (Å²) in [6.07, 6.45) is 2.23. The van der Waals surface area contributed by atoms with Gasteiger partial charge in [-0.3, -0.25) is 0 Å². The van der Waals surface area contributed by atoms with Crippen LogP contribution in [0.15, 0.2) is 215 Å². The van der Waals surface area contributed by atoms with E-state index in [0.717, 1.165) is 66.5 Å². The SMILES string of the molecule is c1ccc(-c2c3c4ccccc4c4ccccc4c3n3cccc(-c4ccc(N(c5ccc6c(c5)oc5ccccc56)c5ccc6c(c5)oc5ccccc56)cc4)c23)cc1. The molecule has 0 spiro atoms. The molecule has 0 saturated carbocycles. The van der Waals surface area contributed by atoms with Crippen LogP contribution in [0.3, 0.4) is 0 Å². The summed E-state index contributed by atoms with van der Waals surface area (Å²) in [4.78, 5) is 2.29. The topological polar surface area (TPSA) is 33.9 Å². The van der Waals surface area contributed by atoms with E-state index in [4.69, 9.17) is 8.83 Å². The number of hydrogen-bond acceptors (Lipinski definition) is 3. The van der Waals surface area contributed by atoms with Crippen LogP contribution in [0.1, 0.15) is 0 Å². The molecule has 0 atom stereocenters. The molecule has 0 aliphatic heterocycles. The molecule has 0 saturated heterocycles. The summed E-state index contributed by atoms with van der Waals surface area (Å²) in [5.41, 5.74) is 13.6. The third-order valence-electron chi connectivity index (χ3n) is 12.4. The zero-order chi connectivity index (χ0) is 39.3.